The third-order valence-corrected chi connectivity index (χ3v) is 7.69. The molecular formula is C18H26N2O4S. The van der Waals surface area contributed by atoms with E-state index in [0.29, 0.717) is 24.9 Å². The van der Waals surface area contributed by atoms with Crippen molar-refractivity contribution in [1.82, 2.24) is 4.31 Å². The summed E-state index contributed by atoms with van der Waals surface area (Å²) in [7, 11) is -3.63. The first-order valence-electron chi connectivity index (χ1n) is 9.00. The predicted molar refractivity (Wildman–Crippen MR) is 95.8 cm³/mol. The van der Waals surface area contributed by atoms with Crippen molar-refractivity contribution in [2.45, 2.75) is 44.4 Å². The van der Waals surface area contributed by atoms with E-state index in [0.717, 1.165) is 19.3 Å². The normalized spacial score (nSPS) is 25.5. The highest BCUT2D eigenvalue weighted by molar-refractivity contribution is 7.89. The molecular weight excluding hydrogens is 340 g/mol. The predicted octanol–water partition coefficient (Wildman–Crippen LogP) is 2.80. The Morgan fingerprint density at radius 2 is 1.96 bits per heavy atom. The second-order valence-corrected chi connectivity index (χ2v) is 8.98. The second kappa shape index (κ2) is 6.96. The summed E-state index contributed by atoms with van der Waals surface area (Å²) in [4.78, 5) is 12.7. The zero-order valence-corrected chi connectivity index (χ0v) is 15.6. The molecule has 25 heavy (non-hydrogen) atoms. The Bertz CT molecular complexity index is 758. The minimum Gasteiger partial charge on any atom is -0.506 e. The fourth-order valence-electron chi connectivity index (χ4n) is 4.28. The van der Waals surface area contributed by atoms with E-state index in [2.05, 4.69) is 5.32 Å². The van der Waals surface area contributed by atoms with Crippen molar-refractivity contribution < 1.29 is 18.3 Å². The van der Waals surface area contributed by atoms with E-state index >= 15 is 0 Å². The van der Waals surface area contributed by atoms with E-state index in [1.807, 2.05) is 0 Å². The largest absolute Gasteiger partial charge is 0.506 e. The Balaban J connectivity index is 1.81. The number of rotatable bonds is 6. The molecule has 2 saturated carbocycles. The van der Waals surface area contributed by atoms with Crippen LogP contribution in [0.5, 0.6) is 5.75 Å². The molecule has 2 N–H and O–H groups in total. The Labute approximate surface area is 149 Å². The van der Waals surface area contributed by atoms with E-state index in [9.17, 15) is 18.3 Å². The summed E-state index contributed by atoms with van der Waals surface area (Å²) in [5.41, 5.74) is 0.168. The first-order valence-corrected chi connectivity index (χ1v) is 10.4. The summed E-state index contributed by atoms with van der Waals surface area (Å²) in [6.45, 7) is 4.29. The second-order valence-electron chi connectivity index (χ2n) is 7.04. The molecule has 3 rings (SSSR count). The van der Waals surface area contributed by atoms with Gasteiger partial charge in [0.15, 0.2) is 0 Å². The SMILES string of the molecule is CCN(CC)S(=O)(=O)c1ccc(O)c(NC(=O)C2CC3CCC2C3)c1. The minimum atomic E-state index is -3.63. The summed E-state index contributed by atoms with van der Waals surface area (Å²) >= 11 is 0. The third kappa shape index (κ3) is 3.40. The van der Waals surface area contributed by atoms with Gasteiger partial charge in [0.25, 0.3) is 0 Å². The summed E-state index contributed by atoms with van der Waals surface area (Å²) in [6.07, 6.45) is 4.30. The maximum absolute atomic E-state index is 12.6. The van der Waals surface area contributed by atoms with Crippen molar-refractivity contribution >= 4 is 21.6 Å². The van der Waals surface area contributed by atoms with E-state index in [-0.39, 0.29) is 28.2 Å². The van der Waals surface area contributed by atoms with Crippen LogP contribution < -0.4 is 5.32 Å². The summed E-state index contributed by atoms with van der Waals surface area (Å²) in [5, 5.41) is 12.8. The minimum absolute atomic E-state index is 0.0267. The number of hydrogen-bond donors (Lipinski definition) is 2. The van der Waals surface area contributed by atoms with Gasteiger partial charge in [0.2, 0.25) is 15.9 Å². The number of phenolic OH excluding ortho intramolecular Hbond substituents is 1. The molecule has 3 unspecified atom stereocenters. The van der Waals surface area contributed by atoms with Crippen molar-refractivity contribution in [1.29, 1.82) is 0 Å². The number of aromatic hydroxyl groups is 1. The number of benzene rings is 1. The quantitative estimate of drug-likeness (QED) is 0.758. The van der Waals surface area contributed by atoms with E-state index in [1.54, 1.807) is 13.8 Å². The molecule has 2 bridgehead atoms. The van der Waals surface area contributed by atoms with Crippen molar-refractivity contribution in [3.63, 3.8) is 0 Å². The molecule has 1 aromatic carbocycles. The highest BCUT2D eigenvalue weighted by atomic mass is 32.2. The number of carbonyl (C=O) groups excluding carboxylic acids is 1. The van der Waals surface area contributed by atoms with E-state index < -0.39 is 10.0 Å². The lowest BCUT2D eigenvalue weighted by Gasteiger charge is -2.22. The van der Waals surface area contributed by atoms with Gasteiger partial charge in [0.1, 0.15) is 5.75 Å². The molecule has 6 nitrogen and oxygen atoms in total. The van der Waals surface area contributed by atoms with Crippen LogP contribution in [-0.4, -0.2) is 36.8 Å². The van der Waals surface area contributed by atoms with Crippen molar-refractivity contribution in [2.24, 2.45) is 17.8 Å². The molecule has 1 aromatic rings. The summed E-state index contributed by atoms with van der Waals surface area (Å²) < 4.78 is 26.6. The first kappa shape index (κ1) is 18.2. The molecule has 0 radical (unpaired) electrons. The highest BCUT2D eigenvalue weighted by Crippen LogP contribution is 2.48. The van der Waals surface area contributed by atoms with Gasteiger partial charge in [-0.05, 0) is 49.3 Å². The Hall–Kier alpha value is -1.60. The molecule has 3 atom stereocenters. The van der Waals surface area contributed by atoms with Gasteiger partial charge in [0, 0.05) is 19.0 Å². The zero-order chi connectivity index (χ0) is 18.2. The Kier molecular flexibility index (Phi) is 5.06. The maximum Gasteiger partial charge on any atom is 0.243 e. The van der Waals surface area contributed by atoms with Crippen molar-refractivity contribution in [3.8, 4) is 5.75 Å². The van der Waals surface area contributed by atoms with Crippen molar-refractivity contribution in [2.75, 3.05) is 18.4 Å². The Morgan fingerprint density at radius 1 is 1.24 bits per heavy atom. The van der Waals surface area contributed by atoms with Gasteiger partial charge in [-0.15, -0.1) is 0 Å². The number of amides is 1. The van der Waals surface area contributed by atoms with Gasteiger partial charge in [-0.3, -0.25) is 4.79 Å². The van der Waals surface area contributed by atoms with Crippen LogP contribution >= 0.6 is 0 Å². The van der Waals surface area contributed by atoms with Gasteiger partial charge in [-0.2, -0.15) is 4.31 Å². The lowest BCUT2D eigenvalue weighted by atomic mass is 9.88. The molecule has 2 aliphatic rings. The number of phenols is 1. The average Bonchev–Trinajstić information content (AvgIpc) is 3.20. The maximum atomic E-state index is 12.6. The monoisotopic (exact) mass is 366 g/mol. The number of sulfonamides is 1. The lowest BCUT2D eigenvalue weighted by molar-refractivity contribution is -0.121. The number of anilines is 1. The average molecular weight is 366 g/mol. The van der Waals surface area contributed by atoms with Crippen LogP contribution in [0, 0.1) is 17.8 Å². The Morgan fingerprint density at radius 3 is 2.52 bits per heavy atom. The van der Waals surface area contributed by atoms with Crippen molar-refractivity contribution in [3.05, 3.63) is 18.2 Å². The van der Waals surface area contributed by atoms with Crippen LogP contribution in [0.2, 0.25) is 0 Å². The molecule has 1 amide bonds. The van der Waals surface area contributed by atoms with Gasteiger partial charge >= 0.3 is 0 Å². The van der Waals surface area contributed by atoms with Gasteiger partial charge in [-0.25, -0.2) is 8.42 Å². The molecule has 2 aliphatic carbocycles. The number of nitrogens with one attached hydrogen (secondary N) is 1. The first-order chi connectivity index (χ1) is 11.9. The van der Waals surface area contributed by atoms with Gasteiger partial charge < -0.3 is 10.4 Å². The zero-order valence-electron chi connectivity index (χ0n) is 14.7. The standard InChI is InChI=1S/C18H26N2O4S/c1-3-20(4-2)25(23,24)14-7-8-17(21)16(11-14)19-18(22)15-10-12-5-6-13(15)9-12/h7-8,11-13,15,21H,3-6,9-10H2,1-2H3,(H,19,22). The van der Waals surface area contributed by atoms with Crippen LogP contribution in [0.4, 0.5) is 5.69 Å². The van der Waals surface area contributed by atoms with Gasteiger partial charge in [-0.1, -0.05) is 20.3 Å². The van der Waals surface area contributed by atoms with Crippen LogP contribution in [0.15, 0.2) is 23.1 Å². The molecule has 7 heteroatoms. The number of fused-ring (bicyclic) bond motifs is 2. The van der Waals surface area contributed by atoms with Crippen LogP contribution in [0.1, 0.15) is 39.5 Å². The molecule has 0 spiro atoms. The van der Waals surface area contributed by atoms with E-state index in [1.165, 1.54) is 28.9 Å². The molecule has 2 fully saturated rings. The molecule has 0 saturated heterocycles. The number of carbonyl (C=O) groups is 1. The fraction of sp³-hybridized carbons (Fsp3) is 0.611. The van der Waals surface area contributed by atoms with Crippen LogP contribution in [-0.2, 0) is 14.8 Å². The molecule has 0 aromatic heterocycles. The number of hydrogen-bond acceptors (Lipinski definition) is 4. The third-order valence-electron chi connectivity index (χ3n) is 5.64. The van der Waals surface area contributed by atoms with Gasteiger partial charge in [0.05, 0.1) is 10.6 Å². The summed E-state index contributed by atoms with van der Waals surface area (Å²) in [5.74, 6) is 0.814. The van der Waals surface area contributed by atoms with E-state index in [4.69, 9.17) is 0 Å². The molecule has 0 heterocycles. The fourth-order valence-corrected chi connectivity index (χ4v) is 5.76. The van der Waals surface area contributed by atoms with Crippen LogP contribution in [0.25, 0.3) is 0 Å². The highest BCUT2D eigenvalue weighted by Gasteiger charge is 2.43. The molecule has 138 valence electrons. The smallest absolute Gasteiger partial charge is 0.243 e. The topological polar surface area (TPSA) is 86.7 Å². The molecule has 0 aliphatic heterocycles. The summed E-state index contributed by atoms with van der Waals surface area (Å²) in [6, 6.07) is 4.05. The number of nitrogens with zero attached hydrogens (tertiary/aromatic N) is 1. The lowest BCUT2D eigenvalue weighted by Crippen LogP contribution is -2.31. The van der Waals surface area contributed by atoms with Crippen LogP contribution in [0.3, 0.4) is 0 Å².